The van der Waals surface area contributed by atoms with Crippen LogP contribution in [0.25, 0.3) is 0 Å². The standard InChI is InChI=1S/C12H17BrN2O/c1-2-16-10-6-8-15(9-7-10)12-5-3-4-11(13)14-12/h3-5,10H,2,6-9H2,1H3. The van der Waals surface area contributed by atoms with Crippen LogP contribution in [0.15, 0.2) is 22.8 Å². The molecular weight excluding hydrogens is 268 g/mol. The van der Waals surface area contributed by atoms with Crippen molar-refractivity contribution in [2.45, 2.75) is 25.9 Å². The van der Waals surface area contributed by atoms with E-state index < -0.39 is 0 Å². The summed E-state index contributed by atoms with van der Waals surface area (Å²) in [6.07, 6.45) is 2.64. The van der Waals surface area contributed by atoms with Gasteiger partial charge in [-0.05, 0) is 47.8 Å². The van der Waals surface area contributed by atoms with Crippen LogP contribution in [-0.4, -0.2) is 30.8 Å². The third kappa shape index (κ3) is 2.95. The fraction of sp³-hybridized carbons (Fsp3) is 0.583. The van der Waals surface area contributed by atoms with Crippen molar-refractivity contribution in [3.8, 4) is 0 Å². The summed E-state index contributed by atoms with van der Waals surface area (Å²) in [4.78, 5) is 6.79. The van der Waals surface area contributed by atoms with Crippen molar-refractivity contribution in [1.82, 2.24) is 4.98 Å². The Bertz CT molecular complexity index is 338. The molecule has 0 aliphatic carbocycles. The number of rotatable bonds is 3. The van der Waals surface area contributed by atoms with Gasteiger partial charge in [0.05, 0.1) is 6.10 Å². The van der Waals surface area contributed by atoms with Crippen molar-refractivity contribution in [1.29, 1.82) is 0 Å². The molecule has 0 aromatic carbocycles. The molecule has 1 fully saturated rings. The summed E-state index contributed by atoms with van der Waals surface area (Å²) in [5.74, 6) is 1.06. The molecule has 0 saturated carbocycles. The number of hydrogen-bond acceptors (Lipinski definition) is 3. The molecule has 0 atom stereocenters. The predicted molar refractivity (Wildman–Crippen MR) is 68.8 cm³/mol. The van der Waals surface area contributed by atoms with Gasteiger partial charge in [-0.2, -0.15) is 0 Å². The Morgan fingerprint density at radius 1 is 1.44 bits per heavy atom. The van der Waals surface area contributed by atoms with E-state index in [4.69, 9.17) is 4.74 Å². The van der Waals surface area contributed by atoms with E-state index in [0.717, 1.165) is 43.0 Å². The van der Waals surface area contributed by atoms with Crippen LogP contribution in [0.4, 0.5) is 5.82 Å². The molecule has 0 unspecified atom stereocenters. The van der Waals surface area contributed by atoms with Gasteiger partial charge >= 0.3 is 0 Å². The van der Waals surface area contributed by atoms with E-state index in [1.54, 1.807) is 0 Å². The van der Waals surface area contributed by atoms with Crippen molar-refractivity contribution in [3.63, 3.8) is 0 Å². The SMILES string of the molecule is CCOC1CCN(c2cccc(Br)n2)CC1. The van der Waals surface area contributed by atoms with E-state index in [-0.39, 0.29) is 0 Å². The highest BCUT2D eigenvalue weighted by Gasteiger charge is 2.19. The second-order valence-corrected chi connectivity index (χ2v) is 4.77. The van der Waals surface area contributed by atoms with E-state index in [9.17, 15) is 0 Å². The zero-order valence-electron chi connectivity index (χ0n) is 9.53. The maximum atomic E-state index is 5.63. The van der Waals surface area contributed by atoms with E-state index in [0.29, 0.717) is 6.10 Å². The van der Waals surface area contributed by atoms with Crippen LogP contribution >= 0.6 is 15.9 Å². The Hall–Kier alpha value is -0.610. The fourth-order valence-corrected chi connectivity index (χ4v) is 2.40. The van der Waals surface area contributed by atoms with E-state index in [1.165, 1.54) is 0 Å². The normalized spacial score (nSPS) is 17.8. The first-order chi connectivity index (χ1) is 7.79. The number of hydrogen-bond donors (Lipinski definition) is 0. The average molecular weight is 285 g/mol. The van der Waals surface area contributed by atoms with Crippen LogP contribution in [-0.2, 0) is 4.74 Å². The molecule has 4 heteroatoms. The molecule has 2 rings (SSSR count). The topological polar surface area (TPSA) is 25.4 Å². The van der Waals surface area contributed by atoms with Crippen molar-refractivity contribution in [2.24, 2.45) is 0 Å². The van der Waals surface area contributed by atoms with Gasteiger partial charge in [0.1, 0.15) is 10.4 Å². The van der Waals surface area contributed by atoms with Crippen LogP contribution in [0.1, 0.15) is 19.8 Å². The van der Waals surface area contributed by atoms with Crippen LogP contribution < -0.4 is 4.90 Å². The lowest BCUT2D eigenvalue weighted by atomic mass is 10.1. The third-order valence-corrected chi connectivity index (χ3v) is 3.31. The lowest BCUT2D eigenvalue weighted by Gasteiger charge is -2.32. The summed E-state index contributed by atoms with van der Waals surface area (Å²) in [7, 11) is 0. The predicted octanol–water partition coefficient (Wildman–Crippen LogP) is 2.85. The zero-order valence-corrected chi connectivity index (χ0v) is 11.1. The number of piperidine rings is 1. The Morgan fingerprint density at radius 2 is 2.19 bits per heavy atom. The lowest BCUT2D eigenvalue weighted by Crippen LogP contribution is -2.37. The Kier molecular flexibility index (Phi) is 4.18. The first-order valence-electron chi connectivity index (χ1n) is 5.78. The fourth-order valence-electron chi connectivity index (χ4n) is 2.06. The molecule has 0 radical (unpaired) electrons. The number of anilines is 1. The van der Waals surface area contributed by atoms with Gasteiger partial charge < -0.3 is 9.64 Å². The lowest BCUT2D eigenvalue weighted by molar-refractivity contribution is 0.0458. The summed E-state index contributed by atoms with van der Waals surface area (Å²) in [5.41, 5.74) is 0. The molecule has 16 heavy (non-hydrogen) atoms. The highest BCUT2D eigenvalue weighted by molar-refractivity contribution is 9.10. The largest absolute Gasteiger partial charge is 0.378 e. The number of nitrogens with zero attached hydrogens (tertiary/aromatic N) is 2. The van der Waals surface area contributed by atoms with Gasteiger partial charge in [-0.1, -0.05) is 6.07 Å². The smallest absolute Gasteiger partial charge is 0.129 e. The monoisotopic (exact) mass is 284 g/mol. The Balaban J connectivity index is 1.94. The van der Waals surface area contributed by atoms with Gasteiger partial charge in [-0.15, -0.1) is 0 Å². The Labute approximate surface area is 105 Å². The molecule has 2 heterocycles. The minimum Gasteiger partial charge on any atom is -0.378 e. The molecule has 0 bridgehead atoms. The van der Waals surface area contributed by atoms with Crippen LogP contribution in [0, 0.1) is 0 Å². The van der Waals surface area contributed by atoms with Gasteiger partial charge in [-0.3, -0.25) is 0 Å². The first kappa shape index (κ1) is 11.9. The highest BCUT2D eigenvalue weighted by Crippen LogP contribution is 2.21. The molecule has 1 saturated heterocycles. The van der Waals surface area contributed by atoms with Crippen molar-refractivity contribution < 1.29 is 4.74 Å². The zero-order chi connectivity index (χ0) is 11.4. The summed E-state index contributed by atoms with van der Waals surface area (Å²) in [6.45, 7) is 4.95. The maximum absolute atomic E-state index is 5.63. The van der Waals surface area contributed by atoms with Crippen LogP contribution in [0.5, 0.6) is 0 Å². The summed E-state index contributed by atoms with van der Waals surface area (Å²) in [6, 6.07) is 6.04. The molecule has 1 aromatic heterocycles. The number of pyridine rings is 1. The van der Waals surface area contributed by atoms with Crippen LogP contribution in [0.3, 0.4) is 0 Å². The molecule has 1 aromatic rings. The van der Waals surface area contributed by atoms with E-state index >= 15 is 0 Å². The maximum Gasteiger partial charge on any atom is 0.129 e. The van der Waals surface area contributed by atoms with Crippen molar-refractivity contribution in [2.75, 3.05) is 24.6 Å². The minimum absolute atomic E-state index is 0.438. The van der Waals surface area contributed by atoms with E-state index in [2.05, 4.69) is 38.8 Å². The van der Waals surface area contributed by atoms with Gasteiger partial charge in [-0.25, -0.2) is 4.98 Å². The van der Waals surface area contributed by atoms with Gasteiger partial charge in [0.25, 0.3) is 0 Å². The highest BCUT2D eigenvalue weighted by atomic mass is 79.9. The van der Waals surface area contributed by atoms with Gasteiger partial charge in [0.15, 0.2) is 0 Å². The van der Waals surface area contributed by atoms with Crippen molar-refractivity contribution in [3.05, 3.63) is 22.8 Å². The molecule has 0 N–H and O–H groups in total. The molecular formula is C12H17BrN2O. The average Bonchev–Trinajstić information content (AvgIpc) is 2.30. The van der Waals surface area contributed by atoms with Crippen LogP contribution in [0.2, 0.25) is 0 Å². The van der Waals surface area contributed by atoms with Gasteiger partial charge in [0.2, 0.25) is 0 Å². The number of ether oxygens (including phenoxy) is 1. The Morgan fingerprint density at radius 3 is 2.81 bits per heavy atom. The van der Waals surface area contributed by atoms with E-state index in [1.807, 2.05) is 12.1 Å². The summed E-state index contributed by atoms with van der Waals surface area (Å²) >= 11 is 3.40. The minimum atomic E-state index is 0.438. The first-order valence-corrected chi connectivity index (χ1v) is 6.58. The molecule has 0 amide bonds. The molecule has 0 spiro atoms. The molecule has 1 aliphatic heterocycles. The second kappa shape index (κ2) is 5.64. The molecule has 88 valence electrons. The molecule has 1 aliphatic rings. The quantitative estimate of drug-likeness (QED) is 0.798. The number of halogens is 1. The van der Waals surface area contributed by atoms with Crippen molar-refractivity contribution >= 4 is 21.7 Å². The van der Waals surface area contributed by atoms with Gasteiger partial charge in [0, 0.05) is 19.7 Å². The third-order valence-electron chi connectivity index (χ3n) is 2.87. The summed E-state index contributed by atoms with van der Waals surface area (Å²) in [5, 5.41) is 0. The number of aromatic nitrogens is 1. The molecule has 3 nitrogen and oxygen atoms in total. The summed E-state index contributed by atoms with van der Waals surface area (Å²) < 4.78 is 6.53. The second-order valence-electron chi connectivity index (χ2n) is 3.96.